The van der Waals surface area contributed by atoms with Gasteiger partial charge < -0.3 is 19.5 Å². The Bertz CT molecular complexity index is 396. The predicted octanol–water partition coefficient (Wildman–Crippen LogP) is 2.30. The standard InChI is InChI=1S/C14H20FNO3/c1-17-12-7-10(9-16-11-3-4-11)8-13(18-2)14(12)19-6-5-15/h7-8,11,16H,3-6,9H2,1-2H3. The Hall–Kier alpha value is -1.49. The molecule has 1 aliphatic rings. The molecule has 19 heavy (non-hydrogen) atoms. The molecule has 0 radical (unpaired) electrons. The van der Waals surface area contributed by atoms with Crippen molar-refractivity contribution >= 4 is 0 Å². The van der Waals surface area contributed by atoms with Crippen LogP contribution in [-0.4, -0.2) is 33.5 Å². The van der Waals surface area contributed by atoms with E-state index in [2.05, 4.69) is 5.32 Å². The van der Waals surface area contributed by atoms with Gasteiger partial charge in [0.15, 0.2) is 11.5 Å². The molecule has 0 aromatic heterocycles. The highest BCUT2D eigenvalue weighted by atomic mass is 19.1. The average Bonchev–Trinajstić information content (AvgIpc) is 3.26. The number of halogens is 1. The summed E-state index contributed by atoms with van der Waals surface area (Å²) in [4.78, 5) is 0. The highest BCUT2D eigenvalue weighted by Crippen LogP contribution is 2.38. The van der Waals surface area contributed by atoms with Crippen molar-refractivity contribution in [1.29, 1.82) is 0 Å². The van der Waals surface area contributed by atoms with Crippen LogP contribution in [0.1, 0.15) is 18.4 Å². The summed E-state index contributed by atoms with van der Waals surface area (Å²) in [6, 6.07) is 4.43. The smallest absolute Gasteiger partial charge is 0.203 e. The molecule has 0 unspecified atom stereocenters. The summed E-state index contributed by atoms with van der Waals surface area (Å²) in [6.07, 6.45) is 2.48. The summed E-state index contributed by atoms with van der Waals surface area (Å²) in [6.45, 7) is 0.213. The van der Waals surface area contributed by atoms with E-state index < -0.39 is 6.67 Å². The highest BCUT2D eigenvalue weighted by molar-refractivity contribution is 5.53. The summed E-state index contributed by atoms with van der Waals surface area (Å²) < 4.78 is 28.2. The van der Waals surface area contributed by atoms with Gasteiger partial charge in [-0.05, 0) is 30.5 Å². The molecule has 2 rings (SSSR count). The van der Waals surface area contributed by atoms with E-state index >= 15 is 0 Å². The molecule has 0 saturated heterocycles. The van der Waals surface area contributed by atoms with Crippen molar-refractivity contribution < 1.29 is 18.6 Å². The summed E-state index contributed by atoms with van der Waals surface area (Å²) >= 11 is 0. The zero-order chi connectivity index (χ0) is 13.7. The second kappa shape index (κ2) is 6.61. The third-order valence-corrected chi connectivity index (χ3v) is 3.02. The van der Waals surface area contributed by atoms with Crippen molar-refractivity contribution in [2.75, 3.05) is 27.5 Å². The third-order valence-electron chi connectivity index (χ3n) is 3.02. The van der Waals surface area contributed by atoms with Crippen LogP contribution in [0.2, 0.25) is 0 Å². The van der Waals surface area contributed by atoms with Gasteiger partial charge in [-0.25, -0.2) is 4.39 Å². The lowest BCUT2D eigenvalue weighted by Crippen LogP contribution is -2.15. The first kappa shape index (κ1) is 13.9. The Morgan fingerprint density at radius 3 is 2.32 bits per heavy atom. The van der Waals surface area contributed by atoms with Gasteiger partial charge in [0, 0.05) is 12.6 Å². The van der Waals surface area contributed by atoms with E-state index in [1.165, 1.54) is 12.8 Å². The molecule has 0 atom stereocenters. The van der Waals surface area contributed by atoms with Crippen LogP contribution >= 0.6 is 0 Å². The largest absolute Gasteiger partial charge is 0.493 e. The monoisotopic (exact) mass is 269 g/mol. The lowest BCUT2D eigenvalue weighted by Gasteiger charge is -2.15. The van der Waals surface area contributed by atoms with Gasteiger partial charge in [-0.3, -0.25) is 0 Å². The molecule has 4 nitrogen and oxygen atoms in total. The maximum absolute atomic E-state index is 12.2. The lowest BCUT2D eigenvalue weighted by atomic mass is 10.1. The number of benzene rings is 1. The second-order valence-electron chi connectivity index (χ2n) is 4.52. The van der Waals surface area contributed by atoms with Crippen LogP contribution in [0.4, 0.5) is 4.39 Å². The SMILES string of the molecule is COc1cc(CNC2CC2)cc(OC)c1OCCF. The number of alkyl halides is 1. The molecule has 1 saturated carbocycles. The van der Waals surface area contributed by atoms with Gasteiger partial charge in [0.1, 0.15) is 13.3 Å². The number of hydrogen-bond donors (Lipinski definition) is 1. The van der Waals surface area contributed by atoms with Gasteiger partial charge in [-0.2, -0.15) is 0 Å². The minimum Gasteiger partial charge on any atom is -0.493 e. The first-order valence-electron chi connectivity index (χ1n) is 6.45. The summed E-state index contributed by atoms with van der Waals surface area (Å²) in [5.41, 5.74) is 1.06. The van der Waals surface area contributed by atoms with Crippen molar-refractivity contribution in [2.45, 2.75) is 25.4 Å². The summed E-state index contributed by atoms with van der Waals surface area (Å²) in [7, 11) is 3.13. The lowest BCUT2D eigenvalue weighted by molar-refractivity contribution is 0.247. The van der Waals surface area contributed by atoms with Crippen molar-refractivity contribution in [3.8, 4) is 17.2 Å². The Labute approximate surface area is 112 Å². The van der Waals surface area contributed by atoms with E-state index in [1.54, 1.807) is 14.2 Å². The normalized spacial score (nSPS) is 14.3. The van der Waals surface area contributed by atoms with Crippen LogP contribution in [0.5, 0.6) is 17.2 Å². The van der Waals surface area contributed by atoms with Crippen LogP contribution < -0.4 is 19.5 Å². The van der Waals surface area contributed by atoms with Crippen LogP contribution in [-0.2, 0) is 6.54 Å². The van der Waals surface area contributed by atoms with Crippen molar-refractivity contribution in [2.24, 2.45) is 0 Å². The molecule has 1 fully saturated rings. The van der Waals surface area contributed by atoms with Crippen LogP contribution in [0.3, 0.4) is 0 Å². The van der Waals surface area contributed by atoms with Gasteiger partial charge in [-0.1, -0.05) is 0 Å². The van der Waals surface area contributed by atoms with Gasteiger partial charge in [0.2, 0.25) is 5.75 Å². The molecule has 0 amide bonds. The molecule has 5 heteroatoms. The summed E-state index contributed by atoms with van der Waals surface area (Å²) in [5.74, 6) is 1.60. The van der Waals surface area contributed by atoms with Gasteiger partial charge in [0.25, 0.3) is 0 Å². The van der Waals surface area contributed by atoms with E-state index in [0.717, 1.165) is 12.1 Å². The minimum atomic E-state index is -0.544. The molecule has 1 aliphatic carbocycles. The molecule has 1 aromatic carbocycles. The molecular formula is C14H20FNO3. The molecule has 0 bridgehead atoms. The molecule has 0 heterocycles. The van der Waals surface area contributed by atoms with E-state index in [4.69, 9.17) is 14.2 Å². The first-order chi connectivity index (χ1) is 9.28. The van der Waals surface area contributed by atoms with Crippen molar-refractivity contribution in [3.05, 3.63) is 17.7 Å². The van der Waals surface area contributed by atoms with E-state index in [9.17, 15) is 4.39 Å². The van der Waals surface area contributed by atoms with E-state index in [1.807, 2.05) is 12.1 Å². The molecule has 106 valence electrons. The van der Waals surface area contributed by atoms with Crippen molar-refractivity contribution in [3.63, 3.8) is 0 Å². The second-order valence-corrected chi connectivity index (χ2v) is 4.52. The Kier molecular flexibility index (Phi) is 4.85. The molecule has 0 spiro atoms. The molecule has 0 aliphatic heterocycles. The number of hydrogen-bond acceptors (Lipinski definition) is 4. The molecule has 1 aromatic rings. The Morgan fingerprint density at radius 1 is 1.21 bits per heavy atom. The molecular weight excluding hydrogens is 249 g/mol. The topological polar surface area (TPSA) is 39.7 Å². The quantitative estimate of drug-likeness (QED) is 0.786. The Balaban J connectivity index is 2.16. The third kappa shape index (κ3) is 3.73. The van der Waals surface area contributed by atoms with Crippen LogP contribution in [0, 0.1) is 0 Å². The zero-order valence-corrected chi connectivity index (χ0v) is 11.4. The number of nitrogens with one attached hydrogen (secondary N) is 1. The fourth-order valence-corrected chi connectivity index (χ4v) is 1.87. The van der Waals surface area contributed by atoms with Gasteiger partial charge in [0.05, 0.1) is 14.2 Å². The maximum atomic E-state index is 12.2. The van der Waals surface area contributed by atoms with E-state index in [0.29, 0.717) is 23.3 Å². The number of methoxy groups -OCH3 is 2. The predicted molar refractivity (Wildman–Crippen MR) is 70.9 cm³/mol. The highest BCUT2D eigenvalue weighted by Gasteiger charge is 2.21. The van der Waals surface area contributed by atoms with Gasteiger partial charge >= 0.3 is 0 Å². The number of rotatable bonds is 8. The Morgan fingerprint density at radius 2 is 1.84 bits per heavy atom. The zero-order valence-electron chi connectivity index (χ0n) is 11.4. The minimum absolute atomic E-state index is 0.00755. The first-order valence-corrected chi connectivity index (χ1v) is 6.45. The number of ether oxygens (including phenoxy) is 3. The van der Waals surface area contributed by atoms with E-state index in [-0.39, 0.29) is 6.61 Å². The van der Waals surface area contributed by atoms with Crippen molar-refractivity contribution in [1.82, 2.24) is 5.32 Å². The van der Waals surface area contributed by atoms with Gasteiger partial charge in [-0.15, -0.1) is 0 Å². The molecule has 1 N–H and O–H groups in total. The fraction of sp³-hybridized carbons (Fsp3) is 0.571. The fourth-order valence-electron chi connectivity index (χ4n) is 1.87. The maximum Gasteiger partial charge on any atom is 0.203 e. The summed E-state index contributed by atoms with van der Waals surface area (Å²) in [5, 5.41) is 3.43. The van der Waals surface area contributed by atoms with Crippen LogP contribution in [0.25, 0.3) is 0 Å². The average molecular weight is 269 g/mol. The van der Waals surface area contributed by atoms with Crippen LogP contribution in [0.15, 0.2) is 12.1 Å².